The van der Waals surface area contributed by atoms with E-state index in [1.807, 2.05) is 6.07 Å². The lowest BCUT2D eigenvalue weighted by atomic mass is 9.95. The van der Waals surface area contributed by atoms with E-state index in [9.17, 15) is 14.0 Å². The number of ether oxygens (including phenoxy) is 1. The first-order valence-corrected chi connectivity index (χ1v) is 11.8. The number of hydrogen-bond donors (Lipinski definition) is 2. The molecule has 5 aromatic rings. The minimum atomic E-state index is -0.449. The van der Waals surface area contributed by atoms with Crippen molar-refractivity contribution in [3.8, 4) is 5.88 Å². The molecule has 0 unspecified atom stereocenters. The zero-order valence-electron chi connectivity index (χ0n) is 19.8. The van der Waals surface area contributed by atoms with Crippen LogP contribution in [0.2, 0.25) is 0 Å². The van der Waals surface area contributed by atoms with Gasteiger partial charge in [-0.1, -0.05) is 19.3 Å². The lowest BCUT2D eigenvalue weighted by molar-refractivity contribution is 0.350. The average Bonchev–Trinajstić information content (AvgIpc) is 3.35. The Hall–Kier alpha value is -4.05. The molecule has 1 saturated carbocycles. The molecule has 3 N–H and O–H groups in total. The summed E-state index contributed by atoms with van der Waals surface area (Å²) in [5.74, 6) is 0.140. The molecule has 0 saturated heterocycles. The van der Waals surface area contributed by atoms with Gasteiger partial charge < -0.3 is 19.9 Å². The number of methoxy groups -OCH3 is 1. The van der Waals surface area contributed by atoms with Crippen LogP contribution < -0.4 is 21.7 Å². The topological polar surface area (TPSA) is 129 Å². The lowest BCUT2D eigenvalue weighted by Crippen LogP contribution is -2.27. The molecule has 0 aliphatic heterocycles. The van der Waals surface area contributed by atoms with Gasteiger partial charge >= 0.3 is 5.63 Å². The van der Waals surface area contributed by atoms with Gasteiger partial charge in [0, 0.05) is 29.7 Å². The van der Waals surface area contributed by atoms with E-state index in [0.717, 1.165) is 18.4 Å². The minimum Gasteiger partial charge on any atom is -0.481 e. The average molecular weight is 492 g/mol. The van der Waals surface area contributed by atoms with Gasteiger partial charge in [-0.15, -0.1) is 0 Å². The zero-order valence-corrected chi connectivity index (χ0v) is 19.8. The van der Waals surface area contributed by atoms with Crippen LogP contribution in [0.4, 0.5) is 4.39 Å². The van der Waals surface area contributed by atoms with Gasteiger partial charge in [-0.25, -0.2) is 14.2 Å². The number of halogens is 1. The third-order valence-corrected chi connectivity index (χ3v) is 6.48. The fourth-order valence-corrected chi connectivity index (χ4v) is 4.73. The summed E-state index contributed by atoms with van der Waals surface area (Å²) in [7, 11) is 1.58. The van der Waals surface area contributed by atoms with Crippen molar-refractivity contribution >= 4 is 33.0 Å². The van der Waals surface area contributed by atoms with Crippen LogP contribution >= 0.6 is 0 Å². The van der Waals surface area contributed by atoms with Crippen LogP contribution in [0.3, 0.4) is 0 Å². The van der Waals surface area contributed by atoms with Crippen molar-refractivity contribution in [2.24, 2.45) is 5.73 Å². The Morgan fingerprint density at radius 1 is 1.14 bits per heavy atom. The third-order valence-electron chi connectivity index (χ3n) is 6.48. The number of rotatable bonds is 3. The van der Waals surface area contributed by atoms with E-state index in [4.69, 9.17) is 14.9 Å². The number of fused-ring (bicyclic) bond motifs is 4. The second-order valence-corrected chi connectivity index (χ2v) is 8.77. The molecule has 4 heterocycles. The van der Waals surface area contributed by atoms with Gasteiger partial charge in [0.15, 0.2) is 5.65 Å². The minimum absolute atomic E-state index is 0.0693. The van der Waals surface area contributed by atoms with Crippen molar-refractivity contribution in [3.63, 3.8) is 0 Å². The molecule has 4 aromatic heterocycles. The molecule has 1 aromatic carbocycles. The zero-order chi connectivity index (χ0) is 25.2. The van der Waals surface area contributed by atoms with E-state index in [0.29, 0.717) is 39.1 Å². The van der Waals surface area contributed by atoms with E-state index < -0.39 is 5.63 Å². The van der Waals surface area contributed by atoms with Gasteiger partial charge in [-0.2, -0.15) is 4.98 Å². The third kappa shape index (κ3) is 4.47. The SMILES string of the molecule is COc1ccc2ncc(=O)n(C3CCCCC3)c2n1.NCc1cc2c(=O)oc3ccc(F)cc3c2[nH]1. The molecule has 1 aliphatic rings. The van der Waals surface area contributed by atoms with E-state index >= 15 is 0 Å². The summed E-state index contributed by atoms with van der Waals surface area (Å²) in [6.45, 7) is 0.283. The van der Waals surface area contributed by atoms with Crippen molar-refractivity contribution in [2.45, 2.75) is 44.7 Å². The Bertz CT molecular complexity index is 1670. The first kappa shape index (κ1) is 23.7. The van der Waals surface area contributed by atoms with E-state index in [1.54, 1.807) is 23.8 Å². The molecule has 186 valence electrons. The number of nitrogens with one attached hydrogen (secondary N) is 1. The fourth-order valence-electron chi connectivity index (χ4n) is 4.73. The van der Waals surface area contributed by atoms with E-state index in [2.05, 4.69) is 15.0 Å². The van der Waals surface area contributed by atoms with Gasteiger partial charge in [0.1, 0.15) is 16.9 Å². The lowest BCUT2D eigenvalue weighted by Gasteiger charge is -2.24. The highest BCUT2D eigenvalue weighted by Crippen LogP contribution is 2.29. The van der Waals surface area contributed by atoms with E-state index in [-0.39, 0.29) is 24.0 Å². The summed E-state index contributed by atoms with van der Waals surface area (Å²) >= 11 is 0. The summed E-state index contributed by atoms with van der Waals surface area (Å²) in [5, 5.41) is 0.933. The summed E-state index contributed by atoms with van der Waals surface area (Å²) in [6.07, 6.45) is 7.07. The van der Waals surface area contributed by atoms with Gasteiger partial charge in [-0.3, -0.25) is 9.36 Å². The summed E-state index contributed by atoms with van der Waals surface area (Å²) in [6, 6.07) is 9.51. The standard InChI is InChI=1S/C14H17N3O2.C12H9FN2O2/c1-19-12-8-7-11-14(16-12)17(13(18)9-15-11)10-5-3-2-4-6-10;13-6-1-2-10-8(3-6)11-9(12(16)17-10)4-7(5-14)15-11/h7-10H,2-6H2,1H3;1-4,15H,5,14H2. The van der Waals surface area contributed by atoms with Gasteiger partial charge in [0.05, 0.1) is 24.2 Å². The van der Waals surface area contributed by atoms with Crippen molar-refractivity contribution < 1.29 is 13.5 Å². The van der Waals surface area contributed by atoms with Crippen molar-refractivity contribution in [3.05, 3.63) is 74.9 Å². The Morgan fingerprint density at radius 3 is 2.69 bits per heavy atom. The van der Waals surface area contributed by atoms with Crippen LogP contribution in [0.5, 0.6) is 5.88 Å². The summed E-state index contributed by atoms with van der Waals surface area (Å²) < 4.78 is 25.2. The molecule has 10 heteroatoms. The maximum Gasteiger partial charge on any atom is 0.345 e. The fraction of sp³-hybridized carbons (Fsp3) is 0.308. The molecule has 0 radical (unpaired) electrons. The molecule has 0 bridgehead atoms. The smallest absolute Gasteiger partial charge is 0.345 e. The summed E-state index contributed by atoms with van der Waals surface area (Å²) in [4.78, 5) is 35.4. The highest BCUT2D eigenvalue weighted by atomic mass is 19.1. The Morgan fingerprint density at radius 2 is 1.94 bits per heavy atom. The normalized spacial score (nSPS) is 14.2. The number of benzene rings is 1. The highest BCUT2D eigenvalue weighted by molar-refractivity contribution is 6.02. The highest BCUT2D eigenvalue weighted by Gasteiger charge is 2.19. The van der Waals surface area contributed by atoms with Crippen LogP contribution in [-0.2, 0) is 6.54 Å². The van der Waals surface area contributed by atoms with Gasteiger partial charge in [-0.05, 0) is 43.2 Å². The number of pyridine rings is 1. The second-order valence-electron chi connectivity index (χ2n) is 8.77. The number of H-pyrrole nitrogens is 1. The van der Waals surface area contributed by atoms with Gasteiger partial charge in [0.25, 0.3) is 5.56 Å². The van der Waals surface area contributed by atoms with Gasteiger partial charge in [0.2, 0.25) is 5.88 Å². The monoisotopic (exact) mass is 491 g/mol. The van der Waals surface area contributed by atoms with Crippen molar-refractivity contribution in [1.29, 1.82) is 0 Å². The van der Waals surface area contributed by atoms with Crippen LogP contribution in [0, 0.1) is 5.82 Å². The predicted molar refractivity (Wildman–Crippen MR) is 135 cm³/mol. The van der Waals surface area contributed by atoms with E-state index in [1.165, 1.54) is 43.7 Å². The Kier molecular flexibility index (Phi) is 6.51. The number of aromatic nitrogens is 4. The predicted octanol–water partition coefficient (Wildman–Crippen LogP) is 4.18. The number of nitrogens with zero attached hydrogens (tertiary/aromatic N) is 3. The molecular weight excluding hydrogens is 465 g/mol. The Labute approximate surface area is 204 Å². The summed E-state index contributed by atoms with van der Waals surface area (Å²) in [5.41, 5.74) is 7.99. The number of aromatic amines is 1. The molecule has 0 atom stereocenters. The van der Waals surface area contributed by atoms with Crippen LogP contribution in [0.1, 0.15) is 43.8 Å². The molecule has 1 aliphatic carbocycles. The molecule has 9 nitrogen and oxygen atoms in total. The maximum absolute atomic E-state index is 13.2. The number of nitrogens with two attached hydrogens (primary N) is 1. The quantitative estimate of drug-likeness (QED) is 0.362. The Balaban J connectivity index is 0.000000149. The molecule has 0 amide bonds. The molecule has 1 fully saturated rings. The number of hydrogen-bond acceptors (Lipinski definition) is 7. The second kappa shape index (κ2) is 9.90. The molecule has 36 heavy (non-hydrogen) atoms. The maximum atomic E-state index is 13.2. The van der Waals surface area contributed by atoms with Crippen LogP contribution in [0.25, 0.3) is 33.0 Å². The first-order valence-electron chi connectivity index (χ1n) is 11.8. The molecule has 0 spiro atoms. The molecule has 6 rings (SSSR count). The van der Waals surface area contributed by atoms with Crippen LogP contribution in [-0.4, -0.2) is 26.6 Å². The molecular formula is C26H26FN5O4. The van der Waals surface area contributed by atoms with Crippen molar-refractivity contribution in [2.75, 3.05) is 7.11 Å². The van der Waals surface area contributed by atoms with Crippen LogP contribution in [0.15, 0.2) is 56.6 Å². The largest absolute Gasteiger partial charge is 0.481 e. The van der Waals surface area contributed by atoms with Crippen molar-refractivity contribution in [1.82, 2.24) is 19.5 Å². The first-order chi connectivity index (χ1) is 17.5.